The van der Waals surface area contributed by atoms with Gasteiger partial charge < -0.3 is 4.90 Å². The molecule has 0 spiro atoms. The highest BCUT2D eigenvalue weighted by atomic mass is 35.5. The quantitative estimate of drug-likeness (QED) is 0.692. The molecule has 0 radical (unpaired) electrons. The molecule has 1 unspecified atom stereocenters. The van der Waals surface area contributed by atoms with Crippen molar-refractivity contribution in [3.63, 3.8) is 0 Å². The maximum atomic E-state index is 5.87. The van der Waals surface area contributed by atoms with Crippen LogP contribution in [0, 0.1) is 0 Å². The zero-order valence-electron chi connectivity index (χ0n) is 8.07. The molecule has 0 saturated heterocycles. The minimum atomic E-state index is 0.240. The van der Waals surface area contributed by atoms with Crippen molar-refractivity contribution in [3.05, 3.63) is 24.5 Å². The van der Waals surface area contributed by atoms with Crippen LogP contribution in [0.3, 0.4) is 0 Å². The number of pyridine rings is 1. The van der Waals surface area contributed by atoms with E-state index in [0.29, 0.717) is 0 Å². The second kappa shape index (κ2) is 5.07. The fraction of sp³-hybridized carbons (Fsp3) is 0.500. The fourth-order valence-electron chi connectivity index (χ4n) is 1.10. The smallest absolute Gasteiger partial charge is 0.0394 e. The van der Waals surface area contributed by atoms with Gasteiger partial charge in [0.15, 0.2) is 0 Å². The number of alkyl halides is 1. The van der Waals surface area contributed by atoms with E-state index in [-0.39, 0.29) is 5.38 Å². The largest absolute Gasteiger partial charge is 0.374 e. The Morgan fingerprint density at radius 3 is 2.62 bits per heavy atom. The Morgan fingerprint density at radius 2 is 2.08 bits per heavy atom. The third kappa shape index (κ3) is 3.64. The molecule has 0 aliphatic heterocycles. The van der Waals surface area contributed by atoms with Gasteiger partial charge in [-0.05, 0) is 25.5 Å². The Morgan fingerprint density at radius 1 is 1.46 bits per heavy atom. The van der Waals surface area contributed by atoms with Gasteiger partial charge in [0, 0.05) is 37.1 Å². The van der Waals surface area contributed by atoms with Gasteiger partial charge >= 0.3 is 0 Å². The van der Waals surface area contributed by atoms with E-state index in [4.69, 9.17) is 11.6 Å². The highest BCUT2D eigenvalue weighted by molar-refractivity contribution is 6.20. The van der Waals surface area contributed by atoms with Crippen LogP contribution in [0.25, 0.3) is 0 Å². The van der Waals surface area contributed by atoms with Gasteiger partial charge in [-0.15, -0.1) is 11.6 Å². The molecular formula is C10H15ClN2. The van der Waals surface area contributed by atoms with E-state index in [9.17, 15) is 0 Å². The number of hydrogen-bond acceptors (Lipinski definition) is 2. The summed E-state index contributed by atoms with van der Waals surface area (Å²) in [4.78, 5) is 6.15. The number of halogens is 1. The number of hydrogen-bond donors (Lipinski definition) is 0. The molecule has 0 saturated carbocycles. The zero-order valence-corrected chi connectivity index (χ0v) is 8.83. The highest BCUT2D eigenvalue weighted by Gasteiger charge is 2.01. The Hall–Kier alpha value is -0.760. The van der Waals surface area contributed by atoms with Crippen LogP contribution in [-0.4, -0.2) is 24.0 Å². The van der Waals surface area contributed by atoms with Crippen molar-refractivity contribution in [3.8, 4) is 0 Å². The van der Waals surface area contributed by atoms with Crippen LogP contribution in [0.4, 0.5) is 5.69 Å². The molecule has 0 bridgehead atoms. The first kappa shape index (κ1) is 10.3. The van der Waals surface area contributed by atoms with Crippen molar-refractivity contribution in [2.45, 2.75) is 18.7 Å². The van der Waals surface area contributed by atoms with E-state index in [1.807, 2.05) is 19.1 Å². The molecule has 0 aromatic carbocycles. The summed E-state index contributed by atoms with van der Waals surface area (Å²) in [5, 5.41) is 0.240. The van der Waals surface area contributed by atoms with E-state index in [0.717, 1.165) is 13.0 Å². The van der Waals surface area contributed by atoms with Crippen LogP contribution in [0.5, 0.6) is 0 Å². The molecule has 1 aromatic rings. The van der Waals surface area contributed by atoms with Crippen LogP contribution in [-0.2, 0) is 0 Å². The monoisotopic (exact) mass is 198 g/mol. The second-order valence-electron chi connectivity index (χ2n) is 3.20. The minimum Gasteiger partial charge on any atom is -0.374 e. The standard InChI is InChI=1S/C10H15ClN2/c1-9(11)5-8-13(2)10-3-6-12-7-4-10/h3-4,6-7,9H,5,8H2,1-2H3. The summed E-state index contributed by atoms with van der Waals surface area (Å²) in [6.07, 6.45) is 4.60. The van der Waals surface area contributed by atoms with Gasteiger partial charge in [-0.1, -0.05) is 0 Å². The van der Waals surface area contributed by atoms with E-state index in [1.54, 1.807) is 12.4 Å². The lowest BCUT2D eigenvalue weighted by atomic mass is 10.3. The van der Waals surface area contributed by atoms with Crippen molar-refractivity contribution >= 4 is 17.3 Å². The summed E-state index contributed by atoms with van der Waals surface area (Å²) in [5.41, 5.74) is 1.19. The molecule has 1 rings (SSSR count). The van der Waals surface area contributed by atoms with Gasteiger partial charge in [0.1, 0.15) is 0 Å². The molecule has 1 aromatic heterocycles. The average Bonchev–Trinajstić information content (AvgIpc) is 2.15. The lowest BCUT2D eigenvalue weighted by molar-refractivity contribution is 0.773. The fourth-order valence-corrected chi connectivity index (χ4v) is 1.20. The van der Waals surface area contributed by atoms with E-state index in [1.165, 1.54) is 5.69 Å². The molecule has 1 heterocycles. The molecule has 13 heavy (non-hydrogen) atoms. The van der Waals surface area contributed by atoms with Gasteiger partial charge in [-0.2, -0.15) is 0 Å². The van der Waals surface area contributed by atoms with Gasteiger partial charge in [0.05, 0.1) is 0 Å². The van der Waals surface area contributed by atoms with Gasteiger partial charge in [0.25, 0.3) is 0 Å². The van der Waals surface area contributed by atoms with Crippen LogP contribution < -0.4 is 4.90 Å². The van der Waals surface area contributed by atoms with Crippen molar-refractivity contribution in [1.29, 1.82) is 0 Å². The molecule has 2 nitrogen and oxygen atoms in total. The Bertz CT molecular complexity index is 236. The predicted octanol–water partition coefficient (Wildman–Crippen LogP) is 2.54. The van der Waals surface area contributed by atoms with Crippen molar-refractivity contribution in [2.24, 2.45) is 0 Å². The van der Waals surface area contributed by atoms with Crippen molar-refractivity contribution in [2.75, 3.05) is 18.5 Å². The average molecular weight is 199 g/mol. The molecule has 0 aliphatic carbocycles. The number of aromatic nitrogens is 1. The number of rotatable bonds is 4. The topological polar surface area (TPSA) is 16.1 Å². The minimum absolute atomic E-state index is 0.240. The first-order valence-corrected chi connectivity index (χ1v) is 4.89. The lowest BCUT2D eigenvalue weighted by Crippen LogP contribution is -2.20. The maximum absolute atomic E-state index is 5.87. The lowest BCUT2D eigenvalue weighted by Gasteiger charge is -2.19. The molecule has 0 N–H and O–H groups in total. The van der Waals surface area contributed by atoms with Crippen LogP contribution >= 0.6 is 11.6 Å². The van der Waals surface area contributed by atoms with Crippen molar-refractivity contribution < 1.29 is 0 Å². The molecule has 0 aliphatic rings. The first-order valence-electron chi connectivity index (χ1n) is 4.45. The SMILES string of the molecule is CC(Cl)CCN(C)c1ccncc1. The summed E-state index contributed by atoms with van der Waals surface area (Å²) >= 11 is 5.87. The normalized spacial score (nSPS) is 12.5. The summed E-state index contributed by atoms with van der Waals surface area (Å²) in [6, 6.07) is 4.00. The summed E-state index contributed by atoms with van der Waals surface area (Å²) in [5.74, 6) is 0. The molecule has 3 heteroatoms. The zero-order chi connectivity index (χ0) is 9.68. The summed E-state index contributed by atoms with van der Waals surface area (Å²) in [7, 11) is 2.06. The van der Waals surface area contributed by atoms with Crippen LogP contribution in [0.15, 0.2) is 24.5 Å². The van der Waals surface area contributed by atoms with Crippen molar-refractivity contribution in [1.82, 2.24) is 4.98 Å². The Balaban J connectivity index is 2.44. The van der Waals surface area contributed by atoms with E-state index >= 15 is 0 Å². The molecule has 72 valence electrons. The molecule has 0 amide bonds. The third-order valence-electron chi connectivity index (χ3n) is 1.97. The van der Waals surface area contributed by atoms with E-state index < -0.39 is 0 Å². The second-order valence-corrected chi connectivity index (χ2v) is 3.94. The van der Waals surface area contributed by atoms with Gasteiger partial charge in [0.2, 0.25) is 0 Å². The van der Waals surface area contributed by atoms with Gasteiger partial charge in [-0.3, -0.25) is 4.98 Å². The third-order valence-corrected chi connectivity index (χ3v) is 2.18. The molecule has 0 fully saturated rings. The summed E-state index contributed by atoms with van der Waals surface area (Å²) in [6.45, 7) is 3.00. The van der Waals surface area contributed by atoms with E-state index in [2.05, 4.69) is 16.9 Å². The first-order chi connectivity index (χ1) is 6.20. The van der Waals surface area contributed by atoms with Crippen LogP contribution in [0.2, 0.25) is 0 Å². The molecular weight excluding hydrogens is 184 g/mol. The Labute approximate surface area is 84.5 Å². The van der Waals surface area contributed by atoms with Gasteiger partial charge in [-0.25, -0.2) is 0 Å². The highest BCUT2D eigenvalue weighted by Crippen LogP contribution is 2.11. The summed E-state index contributed by atoms with van der Waals surface area (Å²) < 4.78 is 0. The molecule has 1 atom stereocenters. The number of anilines is 1. The maximum Gasteiger partial charge on any atom is 0.0394 e. The predicted molar refractivity (Wildman–Crippen MR) is 57.4 cm³/mol. The Kier molecular flexibility index (Phi) is 4.03. The number of nitrogens with zero attached hydrogens (tertiary/aromatic N) is 2. The van der Waals surface area contributed by atoms with Crippen LogP contribution in [0.1, 0.15) is 13.3 Å².